The first kappa shape index (κ1) is 12.9. The molecule has 0 spiro atoms. The van der Waals surface area contributed by atoms with Gasteiger partial charge >= 0.3 is 5.97 Å². The van der Waals surface area contributed by atoms with Crippen LogP contribution in [-0.4, -0.2) is 30.9 Å². The number of aliphatic carboxylic acids is 1. The minimum atomic E-state index is -0.822. The number of rotatable bonds is 8. The molecule has 0 atom stereocenters. The lowest BCUT2D eigenvalue weighted by Crippen LogP contribution is -2.08. The molecule has 0 amide bonds. The van der Waals surface area contributed by atoms with Gasteiger partial charge in [0.05, 0.1) is 13.0 Å². The van der Waals surface area contributed by atoms with Gasteiger partial charge in [0.25, 0.3) is 0 Å². The van der Waals surface area contributed by atoms with Crippen LogP contribution in [0.5, 0.6) is 5.75 Å². The molecule has 1 fully saturated rings. The zero-order valence-electron chi connectivity index (χ0n) is 10.3. The Morgan fingerprint density at radius 1 is 1.22 bits per heavy atom. The molecule has 0 unspecified atom stereocenters. The molecule has 0 radical (unpaired) electrons. The van der Waals surface area contributed by atoms with Crippen LogP contribution in [0.3, 0.4) is 0 Å². The monoisotopic (exact) mass is 250 g/mol. The molecule has 4 nitrogen and oxygen atoms in total. The minimum Gasteiger partial charge on any atom is -0.491 e. The summed E-state index contributed by atoms with van der Waals surface area (Å²) in [6.07, 6.45) is 2.64. The van der Waals surface area contributed by atoms with Gasteiger partial charge in [0.1, 0.15) is 12.4 Å². The van der Waals surface area contributed by atoms with Gasteiger partial charge < -0.3 is 14.6 Å². The van der Waals surface area contributed by atoms with Crippen LogP contribution in [0.2, 0.25) is 0 Å². The molecule has 0 aliphatic heterocycles. The standard InChI is InChI=1S/C14H18O4/c15-14(16)9-11-3-5-13(6-4-11)18-8-7-17-10-12-1-2-12/h3-6,12H,1-2,7-10H2,(H,15,16). The highest BCUT2D eigenvalue weighted by atomic mass is 16.5. The Morgan fingerprint density at radius 2 is 1.94 bits per heavy atom. The Labute approximate surface area is 107 Å². The highest BCUT2D eigenvalue weighted by molar-refractivity contribution is 5.70. The van der Waals surface area contributed by atoms with Crippen LogP contribution < -0.4 is 4.74 Å². The molecule has 1 aliphatic rings. The molecule has 0 aromatic heterocycles. The first-order chi connectivity index (χ1) is 8.74. The van der Waals surface area contributed by atoms with Crippen LogP contribution in [-0.2, 0) is 16.0 Å². The van der Waals surface area contributed by atoms with Crippen molar-refractivity contribution in [3.05, 3.63) is 29.8 Å². The SMILES string of the molecule is O=C(O)Cc1ccc(OCCOCC2CC2)cc1. The Hall–Kier alpha value is -1.55. The van der Waals surface area contributed by atoms with E-state index in [1.807, 2.05) is 0 Å². The van der Waals surface area contributed by atoms with E-state index in [9.17, 15) is 4.79 Å². The maximum Gasteiger partial charge on any atom is 0.307 e. The molecule has 98 valence electrons. The van der Waals surface area contributed by atoms with Crippen molar-refractivity contribution < 1.29 is 19.4 Å². The fraction of sp³-hybridized carbons (Fsp3) is 0.500. The van der Waals surface area contributed by atoms with Gasteiger partial charge in [0.15, 0.2) is 0 Å². The van der Waals surface area contributed by atoms with Crippen molar-refractivity contribution in [2.24, 2.45) is 5.92 Å². The van der Waals surface area contributed by atoms with Crippen LogP contribution in [0.15, 0.2) is 24.3 Å². The number of hydrogen-bond acceptors (Lipinski definition) is 3. The van der Waals surface area contributed by atoms with Crippen molar-refractivity contribution in [1.29, 1.82) is 0 Å². The van der Waals surface area contributed by atoms with Gasteiger partial charge in [-0.2, -0.15) is 0 Å². The van der Waals surface area contributed by atoms with Gasteiger partial charge in [-0.1, -0.05) is 12.1 Å². The maximum absolute atomic E-state index is 10.5. The van der Waals surface area contributed by atoms with Crippen molar-refractivity contribution in [2.45, 2.75) is 19.3 Å². The van der Waals surface area contributed by atoms with E-state index >= 15 is 0 Å². The lowest BCUT2D eigenvalue weighted by atomic mass is 10.1. The zero-order valence-corrected chi connectivity index (χ0v) is 10.3. The summed E-state index contributed by atoms with van der Waals surface area (Å²) in [5.74, 6) is 0.705. The predicted molar refractivity (Wildman–Crippen MR) is 66.8 cm³/mol. The third kappa shape index (κ3) is 4.75. The molecule has 1 aromatic rings. The summed E-state index contributed by atoms with van der Waals surface area (Å²) in [5, 5.41) is 8.64. The van der Waals surface area contributed by atoms with Crippen LogP contribution in [0, 0.1) is 5.92 Å². The number of hydrogen-bond donors (Lipinski definition) is 1. The molecule has 0 heterocycles. The largest absolute Gasteiger partial charge is 0.491 e. The number of carboxylic acid groups (broad SMARTS) is 1. The molecule has 4 heteroatoms. The normalized spacial score (nSPS) is 14.4. The molecule has 0 saturated heterocycles. The summed E-state index contributed by atoms with van der Waals surface area (Å²) in [6.45, 7) is 1.99. The van der Waals surface area contributed by atoms with Crippen LogP contribution in [0.4, 0.5) is 0 Å². The fourth-order valence-electron chi connectivity index (χ4n) is 1.63. The second-order valence-corrected chi connectivity index (χ2v) is 4.58. The molecule has 1 aliphatic carbocycles. The molecule has 1 aromatic carbocycles. The van der Waals surface area contributed by atoms with Gasteiger partial charge in [0, 0.05) is 6.61 Å². The van der Waals surface area contributed by atoms with Crippen LogP contribution in [0.25, 0.3) is 0 Å². The van der Waals surface area contributed by atoms with Gasteiger partial charge in [-0.05, 0) is 36.5 Å². The molecular formula is C14H18O4. The summed E-state index contributed by atoms with van der Waals surface area (Å²) >= 11 is 0. The third-order valence-electron chi connectivity index (χ3n) is 2.83. The van der Waals surface area contributed by atoms with Crippen molar-refractivity contribution in [3.63, 3.8) is 0 Å². The molecule has 18 heavy (non-hydrogen) atoms. The fourth-order valence-corrected chi connectivity index (χ4v) is 1.63. The lowest BCUT2D eigenvalue weighted by Gasteiger charge is -2.07. The number of carbonyl (C=O) groups is 1. The number of carboxylic acids is 1. The van der Waals surface area contributed by atoms with Gasteiger partial charge in [0.2, 0.25) is 0 Å². The smallest absolute Gasteiger partial charge is 0.307 e. The minimum absolute atomic E-state index is 0.0464. The summed E-state index contributed by atoms with van der Waals surface area (Å²) < 4.78 is 10.9. The summed E-state index contributed by atoms with van der Waals surface area (Å²) in [7, 11) is 0. The van der Waals surface area contributed by atoms with Gasteiger partial charge in [-0.15, -0.1) is 0 Å². The number of benzene rings is 1. The Balaban J connectivity index is 1.63. The zero-order chi connectivity index (χ0) is 12.8. The van der Waals surface area contributed by atoms with E-state index in [2.05, 4.69) is 0 Å². The molecule has 1 saturated carbocycles. The summed E-state index contributed by atoms with van der Waals surface area (Å²) in [5.41, 5.74) is 0.778. The molecule has 1 N–H and O–H groups in total. The highest BCUT2D eigenvalue weighted by Crippen LogP contribution is 2.28. The second kappa shape index (κ2) is 6.40. The van der Waals surface area contributed by atoms with E-state index in [0.29, 0.717) is 13.2 Å². The van der Waals surface area contributed by atoms with Gasteiger partial charge in [-0.25, -0.2) is 0 Å². The number of ether oxygens (including phenoxy) is 2. The molecule has 0 bridgehead atoms. The van der Waals surface area contributed by atoms with Crippen molar-refractivity contribution in [2.75, 3.05) is 19.8 Å². The topological polar surface area (TPSA) is 55.8 Å². The van der Waals surface area contributed by atoms with Crippen LogP contribution in [0.1, 0.15) is 18.4 Å². The third-order valence-corrected chi connectivity index (χ3v) is 2.83. The average molecular weight is 250 g/mol. The van der Waals surface area contributed by atoms with E-state index in [4.69, 9.17) is 14.6 Å². The Bertz CT molecular complexity index is 381. The van der Waals surface area contributed by atoms with Gasteiger partial charge in [-0.3, -0.25) is 4.79 Å². The molecular weight excluding hydrogens is 232 g/mol. The first-order valence-electron chi connectivity index (χ1n) is 6.25. The first-order valence-corrected chi connectivity index (χ1v) is 6.25. The highest BCUT2D eigenvalue weighted by Gasteiger charge is 2.20. The van der Waals surface area contributed by atoms with E-state index in [1.54, 1.807) is 24.3 Å². The molecule has 2 rings (SSSR count). The van der Waals surface area contributed by atoms with E-state index in [0.717, 1.165) is 23.8 Å². The maximum atomic E-state index is 10.5. The van der Waals surface area contributed by atoms with Crippen LogP contribution >= 0.6 is 0 Å². The summed E-state index contributed by atoms with van der Waals surface area (Å²) in [6, 6.07) is 7.13. The van der Waals surface area contributed by atoms with Crippen molar-refractivity contribution in [1.82, 2.24) is 0 Å². The Kier molecular flexibility index (Phi) is 4.59. The van der Waals surface area contributed by atoms with Crippen molar-refractivity contribution in [3.8, 4) is 5.75 Å². The average Bonchev–Trinajstić information content (AvgIpc) is 3.14. The van der Waals surface area contributed by atoms with E-state index in [1.165, 1.54) is 12.8 Å². The van der Waals surface area contributed by atoms with E-state index in [-0.39, 0.29) is 6.42 Å². The lowest BCUT2D eigenvalue weighted by molar-refractivity contribution is -0.136. The van der Waals surface area contributed by atoms with Crippen molar-refractivity contribution >= 4 is 5.97 Å². The Morgan fingerprint density at radius 3 is 2.56 bits per heavy atom. The van der Waals surface area contributed by atoms with E-state index < -0.39 is 5.97 Å². The predicted octanol–water partition coefficient (Wildman–Crippen LogP) is 2.12. The quantitative estimate of drug-likeness (QED) is 0.718. The second-order valence-electron chi connectivity index (χ2n) is 4.58. The summed E-state index contributed by atoms with van der Waals surface area (Å²) in [4.78, 5) is 10.5.